The number of unbranched alkanes of at least 4 members (excludes halogenated alkanes) is 8. The quantitative estimate of drug-likeness (QED) is 0.124. The smallest absolute Gasteiger partial charge is 0.309 e. The van der Waals surface area contributed by atoms with E-state index in [1.54, 1.807) is 0 Å². The van der Waals surface area contributed by atoms with Crippen LogP contribution in [0.3, 0.4) is 0 Å². The van der Waals surface area contributed by atoms with Gasteiger partial charge >= 0.3 is 11.9 Å². The molecule has 0 aliphatic carbocycles. The van der Waals surface area contributed by atoms with Gasteiger partial charge in [-0.15, -0.1) is 0 Å². The predicted octanol–water partition coefficient (Wildman–Crippen LogP) is 6.32. The van der Waals surface area contributed by atoms with Crippen LogP contribution in [0.4, 0.5) is 0 Å². The molecule has 0 spiro atoms. The molecule has 0 aliphatic rings. The molecule has 178 valence electrons. The summed E-state index contributed by atoms with van der Waals surface area (Å²) in [4.78, 5) is 26.4. The van der Waals surface area contributed by atoms with Gasteiger partial charge in [0.15, 0.2) is 0 Å². The van der Waals surface area contributed by atoms with Crippen LogP contribution in [0, 0.1) is 5.92 Å². The molecule has 0 amide bonds. The lowest BCUT2D eigenvalue weighted by Crippen LogP contribution is -2.25. The summed E-state index contributed by atoms with van der Waals surface area (Å²) in [5.41, 5.74) is -0.921. The van der Waals surface area contributed by atoms with Gasteiger partial charge in [-0.25, -0.2) is 0 Å². The number of halogens is 1. The number of hydrogen-bond acceptors (Lipinski definition) is 5. The van der Waals surface area contributed by atoms with E-state index in [4.69, 9.17) is 21.1 Å². The van der Waals surface area contributed by atoms with Crippen LogP contribution in [0.25, 0.3) is 0 Å². The second-order valence-electron chi connectivity index (χ2n) is 8.54. The normalized spacial score (nSPS) is 13.3. The minimum Gasteiger partial charge on any atom is -0.460 e. The van der Waals surface area contributed by atoms with Gasteiger partial charge in [-0.1, -0.05) is 89.7 Å². The SMILES string of the molecule is CCCCCCCCC(CCCCCC)C(=O)OCC(Cl)OC(=O)CCCN(C)C. The van der Waals surface area contributed by atoms with Gasteiger partial charge in [0, 0.05) is 6.42 Å². The molecule has 0 radical (unpaired) electrons. The predicted molar refractivity (Wildman–Crippen MR) is 125 cm³/mol. The summed E-state index contributed by atoms with van der Waals surface area (Å²) < 4.78 is 10.5. The molecule has 2 atom stereocenters. The second kappa shape index (κ2) is 20.1. The summed E-state index contributed by atoms with van der Waals surface area (Å²) >= 11 is 6.06. The van der Waals surface area contributed by atoms with Crippen LogP contribution in [-0.2, 0) is 19.1 Å². The largest absolute Gasteiger partial charge is 0.460 e. The fraction of sp³-hybridized carbons (Fsp3) is 0.917. The van der Waals surface area contributed by atoms with E-state index in [1.165, 1.54) is 44.9 Å². The summed E-state index contributed by atoms with van der Waals surface area (Å²) in [7, 11) is 3.91. The Morgan fingerprint density at radius 1 is 0.833 bits per heavy atom. The van der Waals surface area contributed by atoms with Crippen molar-refractivity contribution in [2.45, 2.75) is 109 Å². The minimum atomic E-state index is -0.921. The van der Waals surface area contributed by atoms with Crippen molar-refractivity contribution < 1.29 is 19.1 Å². The van der Waals surface area contributed by atoms with Gasteiger partial charge in [-0.3, -0.25) is 9.59 Å². The monoisotopic (exact) mass is 447 g/mol. The maximum absolute atomic E-state index is 12.6. The van der Waals surface area contributed by atoms with Crippen molar-refractivity contribution in [3.63, 3.8) is 0 Å². The molecule has 0 aromatic heterocycles. The average molecular weight is 448 g/mol. The van der Waals surface area contributed by atoms with Crippen molar-refractivity contribution in [2.75, 3.05) is 27.2 Å². The molecule has 0 aromatic carbocycles. The minimum absolute atomic E-state index is 0.0762. The highest BCUT2D eigenvalue weighted by molar-refractivity contribution is 6.20. The van der Waals surface area contributed by atoms with Crippen LogP contribution in [0.5, 0.6) is 0 Å². The molecular weight excluding hydrogens is 402 g/mol. The molecule has 0 aliphatic heterocycles. The second-order valence-corrected chi connectivity index (χ2v) is 9.03. The molecule has 0 fully saturated rings. The highest BCUT2D eigenvalue weighted by Crippen LogP contribution is 2.21. The Balaban J connectivity index is 4.26. The topological polar surface area (TPSA) is 55.8 Å². The van der Waals surface area contributed by atoms with E-state index in [9.17, 15) is 9.59 Å². The summed E-state index contributed by atoms with van der Waals surface area (Å²) in [5.74, 6) is -0.627. The Morgan fingerprint density at radius 3 is 1.93 bits per heavy atom. The van der Waals surface area contributed by atoms with Crippen molar-refractivity contribution in [3.8, 4) is 0 Å². The van der Waals surface area contributed by atoms with E-state index in [1.807, 2.05) is 19.0 Å². The first-order valence-electron chi connectivity index (χ1n) is 12.1. The Kier molecular flexibility index (Phi) is 19.6. The summed E-state index contributed by atoms with van der Waals surface area (Å²) in [6.45, 7) is 5.13. The lowest BCUT2D eigenvalue weighted by atomic mass is 9.94. The van der Waals surface area contributed by atoms with Crippen LogP contribution in [-0.4, -0.2) is 49.6 Å². The summed E-state index contributed by atoms with van der Waals surface area (Å²) in [5, 5.41) is 0. The molecule has 0 saturated carbocycles. The number of carbonyl (C=O) groups is 2. The fourth-order valence-corrected chi connectivity index (χ4v) is 3.57. The molecule has 5 nitrogen and oxygen atoms in total. The van der Waals surface area contributed by atoms with Crippen LogP contribution in [0.1, 0.15) is 104 Å². The maximum Gasteiger partial charge on any atom is 0.309 e. The van der Waals surface area contributed by atoms with Gasteiger partial charge in [0.25, 0.3) is 0 Å². The van der Waals surface area contributed by atoms with E-state index in [0.29, 0.717) is 12.8 Å². The van der Waals surface area contributed by atoms with Crippen LogP contribution in [0.2, 0.25) is 0 Å². The number of ether oxygens (including phenoxy) is 2. The summed E-state index contributed by atoms with van der Waals surface area (Å²) in [6, 6.07) is 0. The van der Waals surface area contributed by atoms with Crippen molar-refractivity contribution in [1.29, 1.82) is 0 Å². The van der Waals surface area contributed by atoms with Crippen molar-refractivity contribution in [3.05, 3.63) is 0 Å². The average Bonchev–Trinajstić information content (AvgIpc) is 2.70. The van der Waals surface area contributed by atoms with Crippen LogP contribution in [0.15, 0.2) is 0 Å². The lowest BCUT2D eigenvalue weighted by molar-refractivity contribution is -0.157. The number of carbonyl (C=O) groups excluding carboxylic acids is 2. The third-order valence-corrected chi connectivity index (χ3v) is 5.46. The molecular formula is C24H46ClNO4. The van der Waals surface area contributed by atoms with Gasteiger partial charge in [0.2, 0.25) is 5.56 Å². The highest BCUT2D eigenvalue weighted by Gasteiger charge is 2.21. The van der Waals surface area contributed by atoms with Crippen molar-refractivity contribution in [2.24, 2.45) is 5.92 Å². The molecule has 2 unspecified atom stereocenters. The Bertz CT molecular complexity index is 431. The number of esters is 2. The van der Waals surface area contributed by atoms with Gasteiger partial charge in [-0.2, -0.15) is 0 Å². The van der Waals surface area contributed by atoms with E-state index < -0.39 is 5.56 Å². The zero-order valence-corrected chi connectivity index (χ0v) is 20.7. The van der Waals surface area contributed by atoms with Crippen molar-refractivity contribution in [1.82, 2.24) is 4.90 Å². The van der Waals surface area contributed by atoms with Gasteiger partial charge in [-0.05, 0) is 39.9 Å². The Morgan fingerprint density at radius 2 is 1.37 bits per heavy atom. The molecule has 0 bridgehead atoms. The number of alkyl halides is 1. The zero-order chi connectivity index (χ0) is 22.6. The fourth-order valence-electron chi connectivity index (χ4n) is 3.41. The number of rotatable bonds is 20. The van der Waals surface area contributed by atoms with Gasteiger partial charge in [0.1, 0.15) is 6.61 Å². The molecule has 30 heavy (non-hydrogen) atoms. The van der Waals surface area contributed by atoms with Crippen molar-refractivity contribution >= 4 is 23.5 Å². The molecule has 0 saturated heterocycles. The summed E-state index contributed by atoms with van der Waals surface area (Å²) in [6.07, 6.45) is 14.6. The lowest BCUT2D eigenvalue weighted by Gasteiger charge is -2.18. The van der Waals surface area contributed by atoms with Gasteiger partial charge in [0.05, 0.1) is 5.92 Å². The Labute approximate surface area is 190 Å². The molecule has 0 N–H and O–H groups in total. The first-order chi connectivity index (χ1) is 14.4. The standard InChI is InChI=1S/C24H46ClNO4/c1-5-7-9-11-12-14-17-21(16-13-10-8-6-2)24(28)29-20-22(25)30-23(27)18-15-19-26(3)4/h21-22H,5-20H2,1-4H3. The zero-order valence-electron chi connectivity index (χ0n) is 19.9. The third-order valence-electron chi connectivity index (χ3n) is 5.25. The van der Waals surface area contributed by atoms with Crippen LogP contribution < -0.4 is 0 Å². The van der Waals surface area contributed by atoms with Gasteiger partial charge < -0.3 is 14.4 Å². The number of nitrogens with zero attached hydrogens (tertiary/aromatic N) is 1. The number of hydrogen-bond donors (Lipinski definition) is 0. The Hall–Kier alpha value is -0.810. The van der Waals surface area contributed by atoms with E-state index in [-0.39, 0.29) is 24.5 Å². The first-order valence-corrected chi connectivity index (χ1v) is 12.5. The molecule has 0 rings (SSSR count). The molecule has 6 heteroatoms. The van der Waals surface area contributed by atoms with Crippen LogP contribution >= 0.6 is 11.6 Å². The third kappa shape index (κ3) is 18.0. The van der Waals surface area contributed by atoms with E-state index in [2.05, 4.69) is 13.8 Å². The molecule has 0 heterocycles. The highest BCUT2D eigenvalue weighted by atomic mass is 35.5. The van der Waals surface area contributed by atoms with E-state index >= 15 is 0 Å². The maximum atomic E-state index is 12.6. The first kappa shape index (κ1) is 29.2. The molecule has 0 aromatic rings. The van der Waals surface area contributed by atoms with E-state index in [0.717, 1.165) is 38.6 Å².